The molecule has 0 aliphatic rings. The van der Waals surface area contributed by atoms with Gasteiger partial charge in [0, 0.05) is 69.7 Å². The second-order valence-electron chi connectivity index (χ2n) is 15.9. The van der Waals surface area contributed by atoms with Gasteiger partial charge in [-0.1, -0.05) is 140 Å². The third-order valence-electron chi connectivity index (χ3n) is 12.3. The third-order valence-corrected chi connectivity index (χ3v) is 13.4. The van der Waals surface area contributed by atoms with Crippen LogP contribution in [0, 0.1) is 0 Å². The largest absolute Gasteiger partial charge is 0.456 e. The van der Waals surface area contributed by atoms with Crippen molar-refractivity contribution in [3.05, 3.63) is 206 Å². The lowest BCUT2D eigenvalue weighted by Gasteiger charge is -2.14. The minimum absolute atomic E-state index is 0.586. The zero-order valence-electron chi connectivity index (χ0n) is 33.7. The molecule has 0 fully saturated rings. The normalized spacial score (nSPS) is 11.8. The maximum atomic E-state index is 6.27. The number of thiophene rings is 1. The van der Waals surface area contributed by atoms with Crippen molar-refractivity contribution >= 4 is 75.3 Å². The van der Waals surface area contributed by atoms with Crippen molar-refractivity contribution in [1.82, 2.24) is 19.5 Å². The molecule has 9 aromatic carbocycles. The Bertz CT molecular complexity index is 3920. The summed E-state index contributed by atoms with van der Waals surface area (Å²) in [5, 5.41) is 7.19. The number of benzene rings is 9. The smallest absolute Gasteiger partial charge is 0.164 e. The topological polar surface area (TPSA) is 56.7 Å². The predicted octanol–water partition coefficient (Wildman–Crippen LogP) is 15.6. The molecule has 0 atom stereocenters. The van der Waals surface area contributed by atoms with Gasteiger partial charge in [-0.25, -0.2) is 15.0 Å². The second-order valence-corrected chi connectivity index (χ2v) is 17.0. The highest BCUT2D eigenvalue weighted by Gasteiger charge is 2.19. The van der Waals surface area contributed by atoms with Gasteiger partial charge in [0.15, 0.2) is 17.5 Å². The maximum Gasteiger partial charge on any atom is 0.164 e. The number of fused-ring (bicyclic) bond motifs is 9. The fourth-order valence-electron chi connectivity index (χ4n) is 9.36. The Morgan fingerprint density at radius 3 is 1.78 bits per heavy atom. The molecule has 13 rings (SSSR count). The van der Waals surface area contributed by atoms with Crippen LogP contribution in [0.1, 0.15) is 0 Å². The molecule has 0 spiro atoms. The molecule has 13 aromatic rings. The van der Waals surface area contributed by atoms with Crippen LogP contribution in [0.3, 0.4) is 0 Å². The van der Waals surface area contributed by atoms with E-state index in [-0.39, 0.29) is 0 Å². The highest BCUT2D eigenvalue weighted by Crippen LogP contribution is 2.43. The number of para-hydroxylation sites is 3. The summed E-state index contributed by atoms with van der Waals surface area (Å²) in [6.45, 7) is 0. The summed E-state index contributed by atoms with van der Waals surface area (Å²) in [7, 11) is 0. The van der Waals surface area contributed by atoms with Crippen LogP contribution in [0.15, 0.2) is 211 Å². The molecule has 0 amide bonds. The molecule has 0 saturated carbocycles. The predicted molar refractivity (Wildman–Crippen MR) is 262 cm³/mol. The quantitative estimate of drug-likeness (QED) is 0.168. The molecule has 0 N–H and O–H groups in total. The van der Waals surface area contributed by atoms with Crippen molar-refractivity contribution in [1.29, 1.82) is 0 Å². The van der Waals surface area contributed by atoms with Gasteiger partial charge in [-0.05, 0) is 83.4 Å². The van der Waals surface area contributed by atoms with Gasteiger partial charge in [-0.2, -0.15) is 0 Å². The molecule has 0 saturated heterocycles. The number of rotatable bonds is 6. The molecule has 0 aliphatic heterocycles. The van der Waals surface area contributed by atoms with Gasteiger partial charge in [-0.3, -0.25) is 0 Å². The van der Waals surface area contributed by atoms with Gasteiger partial charge in [0.05, 0.1) is 11.0 Å². The summed E-state index contributed by atoms with van der Waals surface area (Å²) in [4.78, 5) is 15.2. The fraction of sp³-hybridized carbons (Fsp3) is 0. The molecule has 6 heteroatoms. The van der Waals surface area contributed by atoms with Gasteiger partial charge in [0.25, 0.3) is 0 Å². The highest BCUT2D eigenvalue weighted by atomic mass is 32.1. The number of nitrogens with zero attached hydrogens (tertiary/aromatic N) is 4. The monoisotopic (exact) mass is 822 g/mol. The van der Waals surface area contributed by atoms with Crippen molar-refractivity contribution in [2.24, 2.45) is 0 Å². The Hall–Kier alpha value is -8.19. The number of furan rings is 1. The standard InChI is InChI=1S/C57H34N4OS/c1-2-13-35(14-3-1)55-58-56(60-57(59-55)39-29-32-45-44-18-5-8-24-49(44)62-50(45)34-39)36-27-30-40(31-28-36)61-48-23-7-4-17-43(48)46-22-11-21-42(54(46)61)38-16-10-15-37(33-38)41-20-12-26-52-53(41)47-19-6-9-25-51(47)63-52/h1-34H. The third kappa shape index (κ3) is 5.80. The van der Waals surface area contributed by atoms with E-state index in [0.29, 0.717) is 17.5 Å². The Kier molecular flexibility index (Phi) is 8.01. The Balaban J connectivity index is 0.943. The van der Waals surface area contributed by atoms with Gasteiger partial charge in [0.1, 0.15) is 11.2 Å². The molecule has 0 aliphatic carbocycles. The van der Waals surface area contributed by atoms with E-state index >= 15 is 0 Å². The Morgan fingerprint density at radius 1 is 0.365 bits per heavy atom. The van der Waals surface area contributed by atoms with E-state index < -0.39 is 0 Å². The SMILES string of the molecule is c1ccc(-c2nc(-c3ccc(-n4c5ccccc5c5cccc(-c6cccc(-c7cccc8sc9ccccc9c78)c6)c54)cc3)nc(-c3ccc4c(c3)oc3ccccc34)n2)cc1. The van der Waals surface area contributed by atoms with E-state index in [2.05, 4.69) is 156 Å². The van der Waals surface area contributed by atoms with Gasteiger partial charge >= 0.3 is 0 Å². The average Bonchev–Trinajstić information content (AvgIpc) is 4.04. The van der Waals surface area contributed by atoms with Gasteiger partial charge < -0.3 is 8.98 Å². The van der Waals surface area contributed by atoms with E-state index in [0.717, 1.165) is 55.3 Å². The molecule has 294 valence electrons. The number of hydrogen-bond donors (Lipinski definition) is 0. The Morgan fingerprint density at radius 2 is 0.937 bits per heavy atom. The first-order chi connectivity index (χ1) is 31.2. The van der Waals surface area contributed by atoms with Crippen LogP contribution in [-0.2, 0) is 0 Å². The molecule has 63 heavy (non-hydrogen) atoms. The van der Waals surface area contributed by atoms with Gasteiger partial charge in [0.2, 0.25) is 0 Å². The minimum atomic E-state index is 0.586. The van der Waals surface area contributed by atoms with Crippen molar-refractivity contribution in [2.45, 2.75) is 0 Å². The molecule has 0 radical (unpaired) electrons. The highest BCUT2D eigenvalue weighted by molar-refractivity contribution is 7.25. The van der Waals surface area contributed by atoms with E-state index in [1.54, 1.807) is 0 Å². The van der Waals surface area contributed by atoms with Crippen LogP contribution in [0.2, 0.25) is 0 Å². The van der Waals surface area contributed by atoms with Crippen LogP contribution in [0.5, 0.6) is 0 Å². The summed E-state index contributed by atoms with van der Waals surface area (Å²) in [5.74, 6) is 1.80. The van der Waals surface area contributed by atoms with E-state index in [4.69, 9.17) is 19.4 Å². The molecule has 5 nitrogen and oxygen atoms in total. The fourth-order valence-corrected chi connectivity index (χ4v) is 10.5. The first-order valence-corrected chi connectivity index (χ1v) is 21.9. The molecule has 0 unspecified atom stereocenters. The van der Waals surface area contributed by atoms with Crippen LogP contribution in [-0.4, -0.2) is 19.5 Å². The average molecular weight is 823 g/mol. The van der Waals surface area contributed by atoms with Crippen LogP contribution in [0.4, 0.5) is 0 Å². The molecule has 4 heterocycles. The van der Waals surface area contributed by atoms with Crippen LogP contribution < -0.4 is 0 Å². The van der Waals surface area contributed by atoms with Crippen molar-refractivity contribution in [3.8, 4) is 62.1 Å². The zero-order valence-corrected chi connectivity index (χ0v) is 34.6. The Labute approximate surface area is 365 Å². The number of aromatic nitrogens is 4. The van der Waals surface area contributed by atoms with E-state index in [9.17, 15) is 0 Å². The van der Waals surface area contributed by atoms with E-state index in [1.165, 1.54) is 53.2 Å². The van der Waals surface area contributed by atoms with Crippen molar-refractivity contribution in [2.75, 3.05) is 0 Å². The molecular weight excluding hydrogens is 789 g/mol. The summed E-state index contributed by atoms with van der Waals surface area (Å²) < 4.78 is 11.3. The van der Waals surface area contributed by atoms with Crippen LogP contribution >= 0.6 is 11.3 Å². The summed E-state index contributed by atoms with van der Waals surface area (Å²) in [6, 6.07) is 72.9. The van der Waals surface area contributed by atoms with Gasteiger partial charge in [-0.15, -0.1) is 11.3 Å². The maximum absolute atomic E-state index is 6.27. The first-order valence-electron chi connectivity index (χ1n) is 21.1. The summed E-state index contributed by atoms with van der Waals surface area (Å²) >= 11 is 1.86. The summed E-state index contributed by atoms with van der Waals surface area (Å²) in [6.07, 6.45) is 0. The zero-order chi connectivity index (χ0) is 41.4. The molecule has 0 bridgehead atoms. The van der Waals surface area contributed by atoms with E-state index in [1.807, 2.05) is 65.9 Å². The number of hydrogen-bond acceptors (Lipinski definition) is 5. The van der Waals surface area contributed by atoms with Crippen LogP contribution in [0.25, 0.3) is 126 Å². The second kappa shape index (κ2) is 14.2. The lowest BCUT2D eigenvalue weighted by molar-refractivity contribution is 0.669. The minimum Gasteiger partial charge on any atom is -0.456 e. The summed E-state index contributed by atoms with van der Waals surface area (Å²) in [5.41, 5.74) is 12.5. The van der Waals surface area contributed by atoms with Crippen molar-refractivity contribution in [3.63, 3.8) is 0 Å². The lowest BCUT2D eigenvalue weighted by Crippen LogP contribution is -2.00. The molecular formula is C57H34N4OS. The lowest BCUT2D eigenvalue weighted by atomic mass is 9.95. The first kappa shape index (κ1) is 35.6. The molecule has 4 aromatic heterocycles. The van der Waals surface area contributed by atoms with Crippen molar-refractivity contribution < 1.29 is 4.42 Å².